The summed E-state index contributed by atoms with van der Waals surface area (Å²) in [4.78, 5) is 13.9. The van der Waals surface area contributed by atoms with Crippen LogP contribution in [-0.2, 0) is 0 Å². The highest BCUT2D eigenvalue weighted by atomic mass is 16.5. The lowest BCUT2D eigenvalue weighted by atomic mass is 10.2. The van der Waals surface area contributed by atoms with Gasteiger partial charge in [-0.25, -0.2) is 5.01 Å². The number of rotatable bonds is 7. The van der Waals surface area contributed by atoms with Crippen LogP contribution in [0.25, 0.3) is 0 Å². The van der Waals surface area contributed by atoms with E-state index < -0.39 is 0 Å². The van der Waals surface area contributed by atoms with Crippen LogP contribution in [0.2, 0.25) is 0 Å². The predicted octanol–water partition coefficient (Wildman–Crippen LogP) is 0.349. The van der Waals surface area contributed by atoms with Crippen LogP contribution in [0, 0.1) is 0 Å². The Morgan fingerprint density at radius 3 is 2.70 bits per heavy atom. The van der Waals surface area contributed by atoms with Crippen LogP contribution < -0.4 is 19.8 Å². The van der Waals surface area contributed by atoms with E-state index in [1.165, 1.54) is 4.90 Å². The minimum absolute atomic E-state index is 0.108. The van der Waals surface area contributed by atoms with Gasteiger partial charge < -0.3 is 14.4 Å². The third-order valence-electron chi connectivity index (χ3n) is 4.06. The van der Waals surface area contributed by atoms with Crippen LogP contribution in [0.3, 0.4) is 0 Å². The molecule has 0 aromatic heterocycles. The Hall–Kier alpha value is -1.79. The zero-order valence-electron chi connectivity index (χ0n) is 14.4. The third kappa shape index (κ3) is 5.11. The number of methoxy groups -OCH3 is 1. The van der Waals surface area contributed by atoms with Crippen molar-refractivity contribution in [1.29, 1.82) is 0 Å². The largest absolute Gasteiger partial charge is 0.493 e. The molecule has 2 rings (SSSR count). The third-order valence-corrected chi connectivity index (χ3v) is 4.06. The number of hydrazine groups is 1. The van der Waals surface area contributed by atoms with E-state index in [2.05, 4.69) is 19.4 Å². The molecule has 0 bridgehead atoms. The molecule has 6 nitrogen and oxygen atoms in total. The summed E-state index contributed by atoms with van der Waals surface area (Å²) in [5.74, 6) is 1.17. The zero-order chi connectivity index (χ0) is 16.7. The molecule has 0 radical (unpaired) electrons. The first kappa shape index (κ1) is 17.6. The number of amides is 1. The SMILES string of the molecule is CCCCOc1ccc(C(=O)NN2CC[NH+](C)CC2)cc1OC. The standard InChI is InChI=1S/C17H27N3O3/c1-4-5-12-23-15-7-6-14(13-16(15)22-3)17(21)18-20-10-8-19(2)9-11-20/h6-7,13H,4-5,8-12H2,1-3H3,(H,18,21)/p+1. The van der Waals surface area contributed by atoms with Gasteiger partial charge in [0.25, 0.3) is 5.91 Å². The van der Waals surface area contributed by atoms with Gasteiger partial charge in [0, 0.05) is 5.56 Å². The lowest BCUT2D eigenvalue weighted by Crippen LogP contribution is -3.12. The monoisotopic (exact) mass is 322 g/mol. The Labute approximate surface area is 138 Å². The molecule has 1 amide bonds. The summed E-state index contributed by atoms with van der Waals surface area (Å²) >= 11 is 0. The Bertz CT molecular complexity index is 514. The number of benzene rings is 1. The van der Waals surface area contributed by atoms with Gasteiger partial charge in [-0.05, 0) is 24.6 Å². The van der Waals surface area contributed by atoms with Crippen molar-refractivity contribution in [1.82, 2.24) is 10.4 Å². The highest BCUT2D eigenvalue weighted by molar-refractivity contribution is 5.94. The molecule has 0 saturated carbocycles. The quantitative estimate of drug-likeness (QED) is 0.711. The van der Waals surface area contributed by atoms with Gasteiger partial charge in [-0.3, -0.25) is 10.2 Å². The molecule has 0 spiro atoms. The van der Waals surface area contributed by atoms with Crippen LogP contribution in [0.4, 0.5) is 0 Å². The summed E-state index contributed by atoms with van der Waals surface area (Å²) in [6, 6.07) is 5.32. The number of nitrogens with one attached hydrogen (secondary N) is 2. The molecule has 2 N–H and O–H groups in total. The minimum Gasteiger partial charge on any atom is -0.493 e. The van der Waals surface area contributed by atoms with E-state index >= 15 is 0 Å². The maximum absolute atomic E-state index is 12.4. The molecule has 0 unspecified atom stereocenters. The molecular weight excluding hydrogens is 294 g/mol. The number of hydrogen-bond acceptors (Lipinski definition) is 4. The molecule has 6 heteroatoms. The Morgan fingerprint density at radius 2 is 2.04 bits per heavy atom. The van der Waals surface area contributed by atoms with E-state index in [0.29, 0.717) is 23.7 Å². The van der Waals surface area contributed by atoms with E-state index in [-0.39, 0.29) is 5.91 Å². The summed E-state index contributed by atoms with van der Waals surface area (Å²) in [5, 5.41) is 1.98. The van der Waals surface area contributed by atoms with Crippen molar-refractivity contribution in [2.75, 3.05) is 46.9 Å². The van der Waals surface area contributed by atoms with Crippen molar-refractivity contribution in [3.05, 3.63) is 23.8 Å². The topological polar surface area (TPSA) is 55.2 Å². The van der Waals surface area contributed by atoms with Crippen LogP contribution in [-0.4, -0.2) is 57.9 Å². The molecule has 1 fully saturated rings. The number of carbonyl (C=O) groups excluding carboxylic acids is 1. The van der Waals surface area contributed by atoms with Gasteiger partial charge in [-0.2, -0.15) is 0 Å². The van der Waals surface area contributed by atoms with E-state index in [4.69, 9.17) is 9.47 Å². The minimum atomic E-state index is -0.108. The molecule has 1 aliphatic heterocycles. The first-order valence-electron chi connectivity index (χ1n) is 8.32. The lowest BCUT2D eigenvalue weighted by molar-refractivity contribution is -0.884. The van der Waals surface area contributed by atoms with E-state index in [9.17, 15) is 4.79 Å². The maximum atomic E-state index is 12.4. The fourth-order valence-corrected chi connectivity index (χ4v) is 2.46. The molecule has 128 valence electrons. The van der Waals surface area contributed by atoms with E-state index in [1.807, 2.05) is 5.01 Å². The van der Waals surface area contributed by atoms with Gasteiger partial charge in [0.05, 0.1) is 46.9 Å². The Kier molecular flexibility index (Phi) is 6.67. The van der Waals surface area contributed by atoms with Gasteiger partial charge in [0.1, 0.15) is 0 Å². The highest BCUT2D eigenvalue weighted by Gasteiger charge is 2.19. The fourth-order valence-electron chi connectivity index (χ4n) is 2.46. The van der Waals surface area contributed by atoms with Crippen LogP contribution in [0.15, 0.2) is 18.2 Å². The number of ether oxygens (including phenoxy) is 2. The van der Waals surface area contributed by atoms with Crippen LogP contribution >= 0.6 is 0 Å². The average molecular weight is 322 g/mol. The molecular formula is C17H28N3O3+. The van der Waals surface area contributed by atoms with Gasteiger partial charge in [-0.15, -0.1) is 0 Å². The first-order chi connectivity index (χ1) is 11.1. The normalized spacial score (nSPS) is 16.1. The summed E-state index contributed by atoms with van der Waals surface area (Å²) in [6.07, 6.45) is 2.08. The van der Waals surface area contributed by atoms with Crippen molar-refractivity contribution in [3.63, 3.8) is 0 Å². The summed E-state index contributed by atoms with van der Waals surface area (Å²) < 4.78 is 11.0. The molecule has 23 heavy (non-hydrogen) atoms. The number of nitrogens with zero attached hydrogens (tertiary/aromatic N) is 1. The highest BCUT2D eigenvalue weighted by Crippen LogP contribution is 2.28. The zero-order valence-corrected chi connectivity index (χ0v) is 14.4. The molecule has 1 aromatic carbocycles. The number of hydrogen-bond donors (Lipinski definition) is 2. The van der Waals surface area contributed by atoms with Crippen LogP contribution in [0.5, 0.6) is 11.5 Å². The average Bonchev–Trinajstić information content (AvgIpc) is 2.57. The molecule has 0 atom stereocenters. The second-order valence-corrected chi connectivity index (χ2v) is 5.95. The number of carbonyl (C=O) groups is 1. The van der Waals surface area contributed by atoms with Crippen molar-refractivity contribution < 1.29 is 19.2 Å². The smallest absolute Gasteiger partial charge is 0.265 e. The first-order valence-corrected chi connectivity index (χ1v) is 8.32. The van der Waals surface area contributed by atoms with Crippen molar-refractivity contribution in [2.45, 2.75) is 19.8 Å². The summed E-state index contributed by atoms with van der Waals surface area (Å²) in [6.45, 7) is 6.58. The molecule has 1 heterocycles. The predicted molar refractivity (Wildman–Crippen MR) is 89.1 cm³/mol. The fraction of sp³-hybridized carbons (Fsp3) is 0.588. The molecule has 0 aliphatic carbocycles. The number of piperazine rings is 1. The number of likely N-dealkylation sites (N-methyl/N-ethyl adjacent to an activating group) is 1. The number of quaternary nitrogens is 1. The molecule has 1 aliphatic rings. The van der Waals surface area contributed by atoms with Gasteiger partial charge >= 0.3 is 0 Å². The van der Waals surface area contributed by atoms with Gasteiger partial charge in [-0.1, -0.05) is 13.3 Å². The van der Waals surface area contributed by atoms with Crippen molar-refractivity contribution in [3.8, 4) is 11.5 Å². The summed E-state index contributed by atoms with van der Waals surface area (Å²) in [5.41, 5.74) is 3.54. The molecule has 1 aromatic rings. The second kappa shape index (κ2) is 8.74. The van der Waals surface area contributed by atoms with E-state index in [1.54, 1.807) is 25.3 Å². The Balaban J connectivity index is 1.97. The van der Waals surface area contributed by atoms with E-state index in [0.717, 1.165) is 39.0 Å². The number of unbranched alkanes of at least 4 members (excludes halogenated alkanes) is 1. The lowest BCUT2D eigenvalue weighted by Gasteiger charge is -2.30. The van der Waals surface area contributed by atoms with Gasteiger partial charge in [0.15, 0.2) is 11.5 Å². The Morgan fingerprint density at radius 1 is 1.30 bits per heavy atom. The van der Waals surface area contributed by atoms with Crippen LogP contribution in [0.1, 0.15) is 30.1 Å². The van der Waals surface area contributed by atoms with Crippen molar-refractivity contribution in [2.24, 2.45) is 0 Å². The molecule has 1 saturated heterocycles. The maximum Gasteiger partial charge on any atom is 0.265 e. The second-order valence-electron chi connectivity index (χ2n) is 5.95. The van der Waals surface area contributed by atoms with Crippen molar-refractivity contribution >= 4 is 5.91 Å². The summed E-state index contributed by atoms with van der Waals surface area (Å²) in [7, 11) is 3.76. The van der Waals surface area contributed by atoms with Gasteiger partial charge in [0.2, 0.25) is 0 Å².